The molecule has 8 nitrogen and oxygen atoms in total. The molecule has 1 aliphatic heterocycles. The number of furan rings is 1. The summed E-state index contributed by atoms with van der Waals surface area (Å²) in [4.78, 5) is 6.74. The number of rotatable bonds is 9. The topological polar surface area (TPSA) is 80.5 Å². The number of aryl methyl sites for hydroxylation is 1. The van der Waals surface area contributed by atoms with Gasteiger partial charge in [-0.2, -0.15) is 0 Å². The van der Waals surface area contributed by atoms with E-state index in [1.165, 1.54) is 0 Å². The quantitative estimate of drug-likeness (QED) is 0.278. The molecule has 3 rings (SSSR count). The van der Waals surface area contributed by atoms with E-state index in [1.54, 1.807) is 14.2 Å². The zero-order valence-electron chi connectivity index (χ0n) is 19.3. The van der Waals surface area contributed by atoms with Crippen LogP contribution in [-0.2, 0) is 4.74 Å². The van der Waals surface area contributed by atoms with Crippen LogP contribution in [0.5, 0.6) is 11.5 Å². The predicted octanol–water partition coefficient (Wildman–Crippen LogP) is 3.22. The highest BCUT2D eigenvalue weighted by molar-refractivity contribution is 14.0. The van der Waals surface area contributed by atoms with E-state index in [-0.39, 0.29) is 36.1 Å². The molecule has 1 aromatic heterocycles. The molecule has 1 aromatic carbocycles. The van der Waals surface area contributed by atoms with Crippen LogP contribution in [0.4, 0.5) is 0 Å². The first-order valence-electron chi connectivity index (χ1n) is 10.7. The molecule has 0 bridgehead atoms. The smallest absolute Gasteiger partial charge is 0.191 e. The summed E-state index contributed by atoms with van der Waals surface area (Å²) in [6.45, 7) is 8.51. The maximum absolute atomic E-state index is 5.98. The lowest BCUT2D eigenvalue weighted by Crippen LogP contribution is -2.47. The minimum absolute atomic E-state index is 0. The average Bonchev–Trinajstić information content (AvgIpc) is 3.22. The Morgan fingerprint density at radius 1 is 1.12 bits per heavy atom. The molecule has 0 aliphatic carbocycles. The van der Waals surface area contributed by atoms with Gasteiger partial charge in [0.2, 0.25) is 0 Å². The van der Waals surface area contributed by atoms with E-state index in [9.17, 15) is 0 Å². The van der Waals surface area contributed by atoms with Gasteiger partial charge in [-0.1, -0.05) is 6.07 Å². The summed E-state index contributed by atoms with van der Waals surface area (Å²) in [5, 5.41) is 6.77. The third-order valence-corrected chi connectivity index (χ3v) is 5.20. The number of ether oxygens (including phenoxy) is 3. The van der Waals surface area contributed by atoms with E-state index in [2.05, 4.69) is 26.6 Å². The Labute approximate surface area is 207 Å². The van der Waals surface area contributed by atoms with Crippen molar-refractivity contribution in [2.24, 2.45) is 4.99 Å². The van der Waals surface area contributed by atoms with E-state index >= 15 is 0 Å². The summed E-state index contributed by atoms with van der Waals surface area (Å²) >= 11 is 0. The number of morpholine rings is 1. The van der Waals surface area contributed by atoms with E-state index in [1.807, 2.05) is 44.2 Å². The summed E-state index contributed by atoms with van der Waals surface area (Å²) < 4.78 is 22.7. The van der Waals surface area contributed by atoms with Crippen molar-refractivity contribution in [1.82, 2.24) is 15.5 Å². The van der Waals surface area contributed by atoms with Gasteiger partial charge in [-0.3, -0.25) is 9.89 Å². The second-order valence-corrected chi connectivity index (χ2v) is 7.55. The Bertz CT molecular complexity index is 839. The second kappa shape index (κ2) is 13.5. The molecule has 2 unspecified atom stereocenters. The molecule has 2 N–H and O–H groups in total. The lowest BCUT2D eigenvalue weighted by Gasteiger charge is -2.33. The zero-order chi connectivity index (χ0) is 22.1. The molecular weight excluding hydrogens is 523 g/mol. The van der Waals surface area contributed by atoms with E-state index in [0.717, 1.165) is 55.3 Å². The molecule has 0 amide bonds. The Morgan fingerprint density at radius 2 is 1.84 bits per heavy atom. The van der Waals surface area contributed by atoms with Crippen LogP contribution in [0, 0.1) is 6.92 Å². The van der Waals surface area contributed by atoms with E-state index < -0.39 is 0 Å². The Morgan fingerprint density at radius 3 is 2.50 bits per heavy atom. The van der Waals surface area contributed by atoms with Crippen molar-refractivity contribution in [2.75, 3.05) is 53.6 Å². The first-order chi connectivity index (χ1) is 15.1. The first-order valence-corrected chi connectivity index (χ1v) is 10.7. The fourth-order valence-electron chi connectivity index (χ4n) is 3.53. The third kappa shape index (κ3) is 7.86. The minimum atomic E-state index is -0.0478. The van der Waals surface area contributed by atoms with Gasteiger partial charge in [-0.05, 0) is 38.1 Å². The van der Waals surface area contributed by atoms with Gasteiger partial charge in [0, 0.05) is 32.7 Å². The predicted molar refractivity (Wildman–Crippen MR) is 136 cm³/mol. The number of benzene rings is 1. The molecule has 32 heavy (non-hydrogen) atoms. The number of aliphatic imine (C=N–C) groups is 1. The maximum atomic E-state index is 5.98. The van der Waals surface area contributed by atoms with Crippen molar-refractivity contribution >= 4 is 29.9 Å². The summed E-state index contributed by atoms with van der Waals surface area (Å²) in [6, 6.07) is 11.8. The number of nitrogens with one attached hydrogen (secondary N) is 2. The lowest BCUT2D eigenvalue weighted by molar-refractivity contribution is 0.0124. The standard InChI is InChI=1S/C23H34N4O4.HI/c1-17-8-9-22(31-17)21(27-10-12-29-13-11-27)16-26-23(24-3)25-15-18(2)30-20-7-5-6-19(14-20)28-4;/h5-9,14,18,21H,10-13,15-16H2,1-4H3,(H2,24,25,26);1H. The lowest BCUT2D eigenvalue weighted by atomic mass is 10.1. The van der Waals surface area contributed by atoms with Crippen LogP contribution >= 0.6 is 24.0 Å². The van der Waals surface area contributed by atoms with Crippen LogP contribution < -0.4 is 20.1 Å². The van der Waals surface area contributed by atoms with Gasteiger partial charge in [-0.15, -0.1) is 24.0 Å². The van der Waals surface area contributed by atoms with Crippen molar-refractivity contribution in [2.45, 2.75) is 26.0 Å². The molecule has 1 aliphatic rings. The molecule has 2 aromatic rings. The fourth-order valence-corrected chi connectivity index (χ4v) is 3.53. The Kier molecular flexibility index (Phi) is 11.1. The maximum Gasteiger partial charge on any atom is 0.191 e. The highest BCUT2D eigenvalue weighted by Crippen LogP contribution is 2.23. The summed E-state index contributed by atoms with van der Waals surface area (Å²) in [5.41, 5.74) is 0. The van der Waals surface area contributed by atoms with Crippen molar-refractivity contribution in [1.29, 1.82) is 0 Å². The number of nitrogens with zero attached hydrogens (tertiary/aromatic N) is 2. The molecule has 0 radical (unpaired) electrons. The van der Waals surface area contributed by atoms with Crippen LogP contribution in [0.3, 0.4) is 0 Å². The molecule has 1 saturated heterocycles. The number of hydrogen-bond acceptors (Lipinski definition) is 6. The second-order valence-electron chi connectivity index (χ2n) is 7.55. The SMILES string of the molecule is CN=C(NCC(C)Oc1cccc(OC)c1)NCC(c1ccc(C)o1)N1CCOCC1.I. The molecule has 178 valence electrons. The largest absolute Gasteiger partial charge is 0.497 e. The van der Waals surface area contributed by atoms with Gasteiger partial charge < -0.3 is 29.3 Å². The van der Waals surface area contributed by atoms with Crippen molar-refractivity contribution < 1.29 is 18.6 Å². The van der Waals surface area contributed by atoms with Gasteiger partial charge in [0.15, 0.2) is 5.96 Å². The van der Waals surface area contributed by atoms with E-state index in [4.69, 9.17) is 18.6 Å². The third-order valence-electron chi connectivity index (χ3n) is 5.20. The van der Waals surface area contributed by atoms with Crippen LogP contribution in [0.2, 0.25) is 0 Å². The highest BCUT2D eigenvalue weighted by Gasteiger charge is 2.25. The normalized spacial score (nSPS) is 16.6. The molecule has 0 spiro atoms. The van der Waals surface area contributed by atoms with Crippen LogP contribution in [0.1, 0.15) is 24.5 Å². The van der Waals surface area contributed by atoms with Gasteiger partial charge in [0.05, 0.1) is 32.9 Å². The fraction of sp³-hybridized carbons (Fsp3) is 0.522. The monoisotopic (exact) mass is 558 g/mol. The number of guanidine groups is 1. The van der Waals surface area contributed by atoms with Gasteiger partial charge in [-0.25, -0.2) is 0 Å². The molecule has 0 saturated carbocycles. The molecule has 2 heterocycles. The van der Waals surface area contributed by atoms with Crippen molar-refractivity contribution in [3.8, 4) is 11.5 Å². The van der Waals surface area contributed by atoms with Crippen molar-refractivity contribution in [3.63, 3.8) is 0 Å². The average molecular weight is 558 g/mol. The first kappa shape index (κ1) is 26.3. The number of hydrogen-bond donors (Lipinski definition) is 2. The van der Waals surface area contributed by atoms with Gasteiger partial charge >= 0.3 is 0 Å². The highest BCUT2D eigenvalue weighted by atomic mass is 127. The van der Waals surface area contributed by atoms with E-state index in [0.29, 0.717) is 13.1 Å². The number of halogens is 1. The van der Waals surface area contributed by atoms with Gasteiger partial charge in [0.25, 0.3) is 0 Å². The molecule has 2 atom stereocenters. The molecule has 1 fully saturated rings. The number of methoxy groups -OCH3 is 1. The van der Waals surface area contributed by atoms with Gasteiger partial charge in [0.1, 0.15) is 29.1 Å². The molecule has 9 heteroatoms. The van der Waals surface area contributed by atoms with Crippen LogP contribution in [-0.4, -0.2) is 70.5 Å². The summed E-state index contributed by atoms with van der Waals surface area (Å²) in [7, 11) is 3.41. The zero-order valence-corrected chi connectivity index (χ0v) is 21.6. The van der Waals surface area contributed by atoms with Crippen LogP contribution in [0.15, 0.2) is 45.8 Å². The Hall–Kier alpha value is -1.98. The summed E-state index contributed by atoms with van der Waals surface area (Å²) in [6.07, 6.45) is -0.0478. The molecular formula is C23H35IN4O4. The Balaban J connectivity index is 0.00000363. The minimum Gasteiger partial charge on any atom is -0.497 e. The van der Waals surface area contributed by atoms with Crippen LogP contribution in [0.25, 0.3) is 0 Å². The van der Waals surface area contributed by atoms with Crippen molar-refractivity contribution in [3.05, 3.63) is 47.9 Å². The summed E-state index contributed by atoms with van der Waals surface area (Å²) in [5.74, 6) is 4.15.